The fourth-order valence-corrected chi connectivity index (χ4v) is 11.0. The molecule has 1 aliphatic rings. The van der Waals surface area contributed by atoms with E-state index in [1.165, 1.54) is 87.4 Å². The van der Waals surface area contributed by atoms with Crippen molar-refractivity contribution in [2.75, 3.05) is 5.32 Å². The molecular weight excluding hydrogens is 791 g/mol. The van der Waals surface area contributed by atoms with Gasteiger partial charge < -0.3 is 19.0 Å². The van der Waals surface area contributed by atoms with E-state index >= 15 is 0 Å². The summed E-state index contributed by atoms with van der Waals surface area (Å²) < 4.78 is 7.46. The molecule has 2 atom stereocenters. The summed E-state index contributed by atoms with van der Waals surface area (Å²) in [4.78, 5) is 0. The molecule has 13 aromatic rings. The van der Waals surface area contributed by atoms with E-state index in [4.69, 9.17) is 0 Å². The van der Waals surface area contributed by atoms with Crippen molar-refractivity contribution in [3.63, 3.8) is 0 Å². The van der Waals surface area contributed by atoms with Crippen LogP contribution in [0.5, 0.6) is 0 Å². The van der Waals surface area contributed by atoms with Crippen LogP contribution in [0, 0.1) is 0 Å². The van der Waals surface area contributed by atoms with Crippen LogP contribution in [0.2, 0.25) is 0 Å². The van der Waals surface area contributed by atoms with Gasteiger partial charge in [-0.05, 0) is 76.7 Å². The van der Waals surface area contributed by atoms with Crippen molar-refractivity contribution in [1.29, 1.82) is 0 Å². The average molecular weight is 832 g/mol. The summed E-state index contributed by atoms with van der Waals surface area (Å²) in [6.45, 7) is 0. The van der Waals surface area contributed by atoms with E-state index in [0.29, 0.717) is 0 Å². The molecular formula is C60H41N5. The number of benzene rings is 10. The van der Waals surface area contributed by atoms with Gasteiger partial charge in [0.25, 0.3) is 0 Å². The molecule has 65 heavy (non-hydrogen) atoms. The number of hydrogen-bond acceptors (Lipinski definition) is 2. The van der Waals surface area contributed by atoms with E-state index in [9.17, 15) is 0 Å². The van der Waals surface area contributed by atoms with Crippen molar-refractivity contribution < 1.29 is 0 Å². The second kappa shape index (κ2) is 14.1. The van der Waals surface area contributed by atoms with Gasteiger partial charge in [0.2, 0.25) is 0 Å². The lowest BCUT2D eigenvalue weighted by molar-refractivity contribution is 0.424. The summed E-state index contributed by atoms with van der Waals surface area (Å²) in [5.74, 6) is 0. The molecule has 0 aliphatic carbocycles. The number of anilines is 1. The van der Waals surface area contributed by atoms with Gasteiger partial charge in [-0.2, -0.15) is 0 Å². The Kier molecular flexibility index (Phi) is 7.82. The maximum absolute atomic E-state index is 4.22. The maximum atomic E-state index is 4.22. The molecule has 5 nitrogen and oxygen atoms in total. The van der Waals surface area contributed by atoms with Crippen molar-refractivity contribution in [3.05, 3.63) is 236 Å². The van der Waals surface area contributed by atoms with Crippen LogP contribution in [0.1, 0.15) is 23.5 Å². The second-order valence-corrected chi connectivity index (χ2v) is 17.4. The number of nitrogens with zero attached hydrogens (tertiary/aromatic N) is 3. The maximum Gasteiger partial charge on any atom is 0.114 e. The van der Waals surface area contributed by atoms with Gasteiger partial charge in [0.05, 0.1) is 38.8 Å². The minimum Gasteiger partial charge on any atom is -0.365 e. The summed E-state index contributed by atoms with van der Waals surface area (Å²) in [5, 5.41) is 18.1. The number of hydrogen-bond donors (Lipinski definition) is 2. The van der Waals surface area contributed by atoms with Crippen LogP contribution in [0.25, 0.3) is 98.7 Å². The SMILES string of the molecule is c1ccc(-c2cccc(C3Nc4c(ccc5ccccc45)C(n4c5cc(-n6c7ccccc7c7ccccc76)ccc5c5ccc(-n6c7ccccc7c7ccccc76)cc54)N3)c2)cc1. The highest BCUT2D eigenvalue weighted by Crippen LogP contribution is 2.45. The zero-order valence-electron chi connectivity index (χ0n) is 35.4. The molecule has 0 bridgehead atoms. The largest absolute Gasteiger partial charge is 0.365 e. The number of aromatic nitrogens is 3. The third-order valence-corrected chi connectivity index (χ3v) is 13.9. The molecule has 0 saturated heterocycles. The van der Waals surface area contributed by atoms with Crippen molar-refractivity contribution >= 4 is 81.9 Å². The van der Waals surface area contributed by atoms with Crippen LogP contribution in [0.3, 0.4) is 0 Å². The van der Waals surface area contributed by atoms with Gasteiger partial charge in [-0.15, -0.1) is 0 Å². The minimum absolute atomic E-state index is 0.199. The van der Waals surface area contributed by atoms with E-state index in [0.717, 1.165) is 28.1 Å². The normalized spacial score (nSPS) is 15.1. The summed E-state index contributed by atoms with van der Waals surface area (Å²) in [5.41, 5.74) is 15.3. The Morgan fingerprint density at radius 1 is 0.338 bits per heavy atom. The molecule has 0 amide bonds. The lowest BCUT2D eigenvalue weighted by atomic mass is 9.96. The van der Waals surface area contributed by atoms with Crippen molar-refractivity contribution in [1.82, 2.24) is 19.0 Å². The van der Waals surface area contributed by atoms with Gasteiger partial charge in [0.1, 0.15) is 12.3 Å². The van der Waals surface area contributed by atoms with Crippen molar-refractivity contribution in [2.24, 2.45) is 0 Å². The molecule has 3 aromatic heterocycles. The quantitative estimate of drug-likeness (QED) is 0.181. The van der Waals surface area contributed by atoms with Crippen LogP contribution >= 0.6 is 0 Å². The van der Waals surface area contributed by atoms with Gasteiger partial charge >= 0.3 is 0 Å². The van der Waals surface area contributed by atoms with Gasteiger partial charge in [-0.25, -0.2) is 0 Å². The zero-order valence-corrected chi connectivity index (χ0v) is 35.4. The van der Waals surface area contributed by atoms with E-state index in [2.05, 4.69) is 249 Å². The predicted molar refractivity (Wildman–Crippen MR) is 272 cm³/mol. The van der Waals surface area contributed by atoms with Crippen molar-refractivity contribution in [2.45, 2.75) is 12.3 Å². The number of rotatable bonds is 5. The Morgan fingerprint density at radius 2 is 0.815 bits per heavy atom. The molecule has 10 aromatic carbocycles. The van der Waals surface area contributed by atoms with Crippen molar-refractivity contribution in [3.8, 4) is 22.5 Å². The first-order valence-corrected chi connectivity index (χ1v) is 22.5. The Hall–Kier alpha value is -8.38. The van der Waals surface area contributed by atoms with Crippen LogP contribution < -0.4 is 10.6 Å². The zero-order chi connectivity index (χ0) is 42.6. The topological polar surface area (TPSA) is 38.9 Å². The highest BCUT2D eigenvalue weighted by atomic mass is 15.3. The first-order chi connectivity index (χ1) is 32.2. The summed E-state index contributed by atoms with van der Waals surface area (Å²) in [6, 6.07) is 82.3. The van der Waals surface area contributed by atoms with Gasteiger partial charge in [-0.1, -0.05) is 170 Å². The third-order valence-electron chi connectivity index (χ3n) is 13.9. The average Bonchev–Trinajstić information content (AvgIpc) is 4.01. The van der Waals surface area contributed by atoms with E-state index < -0.39 is 0 Å². The number of fused-ring (bicyclic) bond motifs is 12. The van der Waals surface area contributed by atoms with Crippen LogP contribution in [0.15, 0.2) is 224 Å². The predicted octanol–water partition coefficient (Wildman–Crippen LogP) is 15.1. The fraction of sp³-hybridized carbons (Fsp3) is 0.0333. The fourth-order valence-electron chi connectivity index (χ4n) is 11.0. The molecule has 306 valence electrons. The lowest BCUT2D eigenvalue weighted by Crippen LogP contribution is -2.40. The standard InChI is InChI=1S/C60H41N5/c1-2-15-38(16-3-1)40-18-14-19-41(35-40)59-61-58-44-20-5-4-17-39(44)29-32-51(58)60(62-59)65-56-36-42(63-52-25-10-6-21-45(52)46-22-7-11-26-53(46)63)30-33-49(56)50-34-31-43(37-57(50)65)64-54-27-12-8-23-47(54)48-24-9-13-28-55(48)64/h1-37,59-62H. The molecule has 1 aliphatic heterocycles. The van der Waals surface area contributed by atoms with E-state index in [-0.39, 0.29) is 12.3 Å². The molecule has 0 fully saturated rings. The minimum atomic E-state index is -0.247. The second-order valence-electron chi connectivity index (χ2n) is 17.4. The number of para-hydroxylation sites is 4. The lowest BCUT2D eigenvalue weighted by Gasteiger charge is -2.37. The summed E-state index contributed by atoms with van der Waals surface area (Å²) >= 11 is 0. The Bertz CT molecular complexity index is 3760. The Labute approximate surface area is 375 Å². The highest BCUT2D eigenvalue weighted by Gasteiger charge is 2.32. The summed E-state index contributed by atoms with van der Waals surface area (Å²) in [7, 11) is 0. The van der Waals surface area contributed by atoms with Crippen LogP contribution in [0.4, 0.5) is 5.69 Å². The molecule has 0 spiro atoms. The van der Waals surface area contributed by atoms with Crippen LogP contribution in [-0.4, -0.2) is 13.7 Å². The monoisotopic (exact) mass is 831 g/mol. The third kappa shape index (κ3) is 5.43. The Balaban J connectivity index is 1.06. The first-order valence-electron chi connectivity index (χ1n) is 22.5. The van der Waals surface area contributed by atoms with Crippen LogP contribution in [-0.2, 0) is 0 Å². The van der Waals surface area contributed by atoms with E-state index in [1.54, 1.807) is 0 Å². The number of nitrogens with one attached hydrogen (secondary N) is 2. The molecule has 2 unspecified atom stereocenters. The molecule has 14 rings (SSSR count). The summed E-state index contributed by atoms with van der Waals surface area (Å²) in [6.07, 6.45) is -0.446. The smallest absolute Gasteiger partial charge is 0.114 e. The van der Waals surface area contributed by atoms with Gasteiger partial charge in [-0.3, -0.25) is 5.32 Å². The van der Waals surface area contributed by atoms with E-state index in [1.807, 2.05) is 0 Å². The molecule has 4 heterocycles. The highest BCUT2D eigenvalue weighted by molar-refractivity contribution is 6.13. The molecule has 0 saturated carbocycles. The Morgan fingerprint density at radius 3 is 1.38 bits per heavy atom. The molecule has 2 N–H and O–H groups in total. The molecule has 5 heteroatoms. The first kappa shape index (κ1) is 36.1. The van der Waals surface area contributed by atoms with Gasteiger partial charge in [0.15, 0.2) is 0 Å². The van der Waals surface area contributed by atoms with Gasteiger partial charge in [0, 0.05) is 54.6 Å². The molecule has 0 radical (unpaired) electrons.